The average molecular weight is 530 g/mol. The smallest absolute Gasteiger partial charge is 0.290 e. The molecule has 10 heteroatoms. The van der Waals surface area contributed by atoms with Gasteiger partial charge in [-0.15, -0.1) is 11.6 Å². The van der Waals surface area contributed by atoms with Crippen LogP contribution in [-0.2, 0) is 14.3 Å². The highest BCUT2D eigenvalue weighted by Crippen LogP contribution is 2.45. The maximum absolute atomic E-state index is 12.5. The molecule has 1 amide bonds. The van der Waals surface area contributed by atoms with Crippen molar-refractivity contribution in [1.82, 2.24) is 9.88 Å². The summed E-state index contributed by atoms with van der Waals surface area (Å²) in [6.45, 7) is 6.05. The van der Waals surface area contributed by atoms with Crippen molar-refractivity contribution < 1.29 is 19.4 Å². The number of nitrogens with two attached hydrogens (primary N) is 1. The molecule has 1 unspecified atom stereocenters. The van der Waals surface area contributed by atoms with Gasteiger partial charge in [-0.25, -0.2) is 4.98 Å². The summed E-state index contributed by atoms with van der Waals surface area (Å²) in [7, 11) is 1.61. The van der Waals surface area contributed by atoms with Gasteiger partial charge in [-0.3, -0.25) is 9.59 Å². The number of pyridine rings is 1. The fourth-order valence-corrected chi connectivity index (χ4v) is 4.30. The molecule has 1 aromatic carbocycles. The number of piperazine rings is 1. The molecular formula is C27H36ClN5O4. The third-order valence-corrected chi connectivity index (χ3v) is 6.08. The van der Waals surface area contributed by atoms with Crippen molar-refractivity contribution in [3.63, 3.8) is 0 Å². The van der Waals surface area contributed by atoms with Gasteiger partial charge in [0.1, 0.15) is 11.9 Å². The number of benzene rings is 1. The van der Waals surface area contributed by atoms with Crippen molar-refractivity contribution in [2.24, 2.45) is 0 Å². The largest absolute Gasteiger partial charge is 0.483 e. The van der Waals surface area contributed by atoms with Crippen LogP contribution in [0, 0.1) is 11.3 Å². The van der Waals surface area contributed by atoms with E-state index in [0.717, 1.165) is 41.4 Å². The van der Waals surface area contributed by atoms with Crippen LogP contribution < -0.4 is 10.6 Å². The predicted octanol–water partition coefficient (Wildman–Crippen LogP) is 4.10. The number of halogens is 1. The summed E-state index contributed by atoms with van der Waals surface area (Å²) in [6.07, 6.45) is 2.63. The quantitative estimate of drug-likeness (QED) is 0.324. The first-order chi connectivity index (χ1) is 17.8. The van der Waals surface area contributed by atoms with Crippen LogP contribution in [0.3, 0.4) is 0 Å². The molecule has 1 saturated heterocycles. The number of carbonyl (C=O) groups is 2. The van der Waals surface area contributed by atoms with Gasteiger partial charge in [0.15, 0.2) is 0 Å². The van der Waals surface area contributed by atoms with Gasteiger partial charge in [-0.2, -0.15) is 5.26 Å². The Kier molecular flexibility index (Phi) is 12.1. The molecule has 1 aliphatic carbocycles. The zero-order valence-corrected chi connectivity index (χ0v) is 22.4. The fraction of sp³-hybridized carbons (Fsp3) is 0.481. The Balaban J connectivity index is 0.000000733. The highest BCUT2D eigenvalue weighted by molar-refractivity contribution is 6.17. The Morgan fingerprint density at radius 3 is 2.57 bits per heavy atom. The fourth-order valence-electron chi connectivity index (χ4n) is 4.30. The van der Waals surface area contributed by atoms with Crippen molar-refractivity contribution >= 4 is 35.5 Å². The number of nitriles is 1. The van der Waals surface area contributed by atoms with Crippen LogP contribution in [0.4, 0.5) is 11.5 Å². The van der Waals surface area contributed by atoms with E-state index in [2.05, 4.69) is 11.0 Å². The van der Waals surface area contributed by atoms with Gasteiger partial charge in [0.2, 0.25) is 5.91 Å². The molecule has 0 spiro atoms. The van der Waals surface area contributed by atoms with Crippen LogP contribution in [0.15, 0.2) is 30.3 Å². The summed E-state index contributed by atoms with van der Waals surface area (Å²) in [5.41, 5.74) is 10.3. The number of amides is 1. The van der Waals surface area contributed by atoms with E-state index in [1.807, 2.05) is 49.1 Å². The Bertz CT molecular complexity index is 1090. The first-order valence-corrected chi connectivity index (χ1v) is 12.9. The van der Waals surface area contributed by atoms with E-state index in [1.54, 1.807) is 7.11 Å². The van der Waals surface area contributed by atoms with E-state index in [9.17, 15) is 10.1 Å². The molecule has 2 fully saturated rings. The maximum Gasteiger partial charge on any atom is 0.290 e. The monoisotopic (exact) mass is 529 g/mol. The number of methoxy groups -OCH3 is 1. The predicted molar refractivity (Wildman–Crippen MR) is 146 cm³/mol. The van der Waals surface area contributed by atoms with Crippen LogP contribution in [0.2, 0.25) is 0 Å². The molecule has 0 bridgehead atoms. The highest BCUT2D eigenvalue weighted by atomic mass is 35.5. The van der Waals surface area contributed by atoms with E-state index in [1.165, 1.54) is 0 Å². The number of rotatable bonds is 6. The molecule has 1 atom stereocenters. The van der Waals surface area contributed by atoms with E-state index >= 15 is 0 Å². The summed E-state index contributed by atoms with van der Waals surface area (Å²) in [4.78, 5) is 29.9. The van der Waals surface area contributed by atoms with Crippen LogP contribution in [0.25, 0.3) is 11.1 Å². The molecular weight excluding hydrogens is 494 g/mol. The molecule has 1 saturated carbocycles. The van der Waals surface area contributed by atoms with Crippen molar-refractivity contribution in [3.8, 4) is 17.2 Å². The molecule has 1 aromatic heterocycles. The number of aromatic nitrogens is 1. The van der Waals surface area contributed by atoms with Crippen molar-refractivity contribution in [1.29, 1.82) is 5.26 Å². The van der Waals surface area contributed by atoms with E-state index in [0.29, 0.717) is 49.8 Å². The van der Waals surface area contributed by atoms with Crippen molar-refractivity contribution in [3.05, 3.63) is 41.6 Å². The molecule has 37 heavy (non-hydrogen) atoms. The average Bonchev–Trinajstić information content (AvgIpc) is 3.73. The molecule has 0 radical (unpaired) electrons. The number of ether oxygens (including phenoxy) is 1. The first kappa shape index (κ1) is 29.9. The van der Waals surface area contributed by atoms with Gasteiger partial charge in [0.05, 0.1) is 24.3 Å². The third-order valence-electron chi connectivity index (χ3n) is 6.08. The second-order valence-corrected chi connectivity index (χ2v) is 9.34. The minimum atomic E-state index is -0.250. The molecule has 2 heterocycles. The van der Waals surface area contributed by atoms with Crippen LogP contribution in [0.1, 0.15) is 50.3 Å². The molecule has 2 aliphatic rings. The molecule has 2 aromatic rings. The van der Waals surface area contributed by atoms with Crippen molar-refractivity contribution in [2.45, 2.75) is 45.1 Å². The summed E-state index contributed by atoms with van der Waals surface area (Å²) in [5, 5.41) is 16.8. The Morgan fingerprint density at radius 2 is 2.03 bits per heavy atom. The molecule has 4 rings (SSSR count). The van der Waals surface area contributed by atoms with Gasteiger partial charge in [0.25, 0.3) is 6.47 Å². The minimum absolute atomic E-state index is 0.0458. The topological polar surface area (TPSA) is 133 Å². The normalized spacial score (nSPS) is 16.5. The second-order valence-electron chi connectivity index (χ2n) is 8.80. The van der Waals surface area contributed by atoms with Crippen LogP contribution >= 0.6 is 11.6 Å². The molecule has 1 aliphatic heterocycles. The number of carbonyl (C=O) groups excluding carboxylic acids is 1. The van der Waals surface area contributed by atoms with E-state index < -0.39 is 0 Å². The number of carboxylic acid groups (broad SMARTS) is 1. The maximum atomic E-state index is 12.5. The SMILES string of the molecule is CCCl.COCCC(=O)N1CCN(c2nc(C3CC3)c(-c3cccc(N)c3)cc2C#N)CC1C.O=CO. The zero-order valence-electron chi connectivity index (χ0n) is 21.7. The lowest BCUT2D eigenvalue weighted by atomic mass is 9.98. The number of anilines is 2. The number of hydrogen-bond acceptors (Lipinski definition) is 7. The minimum Gasteiger partial charge on any atom is -0.483 e. The molecule has 3 N–H and O–H groups in total. The van der Waals surface area contributed by atoms with E-state index in [4.69, 9.17) is 37.0 Å². The highest BCUT2D eigenvalue weighted by Gasteiger charge is 2.33. The summed E-state index contributed by atoms with van der Waals surface area (Å²) >= 11 is 5.00. The standard InChI is InChI=1S/C24H29N5O2.C2H5Cl.CH2O2/c1-16-15-28(9-10-29(16)22(30)8-11-31-2)24-19(14-25)13-21(23(27-24)17-6-7-17)18-4-3-5-20(26)12-18;1-2-3;2-1-3/h3-5,12-13,16-17H,6-11,15,26H2,1-2H3;2H2,1H3;1H,(H,2,3). The summed E-state index contributed by atoms with van der Waals surface area (Å²) < 4.78 is 5.04. The number of nitrogen functional groups attached to an aromatic ring is 1. The van der Waals surface area contributed by atoms with Gasteiger partial charge in [-0.05, 0) is 43.5 Å². The van der Waals surface area contributed by atoms with Crippen LogP contribution in [0.5, 0.6) is 0 Å². The van der Waals surface area contributed by atoms with Gasteiger partial charge < -0.3 is 25.4 Å². The molecule has 9 nitrogen and oxygen atoms in total. The van der Waals surface area contributed by atoms with Gasteiger partial charge in [0, 0.05) is 55.8 Å². The Morgan fingerprint density at radius 1 is 1.35 bits per heavy atom. The first-order valence-electron chi connectivity index (χ1n) is 12.3. The lowest BCUT2D eigenvalue weighted by molar-refractivity contribution is -0.134. The number of nitrogens with zero attached hydrogens (tertiary/aromatic N) is 4. The Labute approximate surface area is 223 Å². The molecule has 200 valence electrons. The summed E-state index contributed by atoms with van der Waals surface area (Å²) in [6, 6.07) is 12.1. The third kappa shape index (κ3) is 8.34. The van der Waals surface area contributed by atoms with Gasteiger partial charge >= 0.3 is 0 Å². The number of hydrogen-bond donors (Lipinski definition) is 2. The lowest BCUT2D eigenvalue weighted by Gasteiger charge is -2.41. The summed E-state index contributed by atoms with van der Waals surface area (Å²) in [5.74, 6) is 1.99. The number of alkyl halides is 1. The van der Waals surface area contributed by atoms with Crippen molar-refractivity contribution in [2.75, 3.05) is 49.9 Å². The van der Waals surface area contributed by atoms with Gasteiger partial charge in [-0.1, -0.05) is 19.1 Å². The van der Waals surface area contributed by atoms with E-state index in [-0.39, 0.29) is 18.4 Å². The second kappa shape index (κ2) is 15.0. The van der Waals surface area contributed by atoms with Crippen LogP contribution in [-0.4, -0.2) is 72.6 Å². The zero-order chi connectivity index (χ0) is 27.4. The lowest BCUT2D eigenvalue weighted by Crippen LogP contribution is -2.54. The Hall–Kier alpha value is -3.35.